The van der Waals surface area contributed by atoms with E-state index in [1.165, 1.54) is 0 Å². The number of nitrogens with one attached hydrogen (secondary N) is 2. The number of hydrogen-bond acceptors (Lipinski definition) is 2. The molecule has 0 aliphatic heterocycles. The Hall–Kier alpha value is -0.186. The molecule has 1 rings (SSSR count). The SMILES string of the molecule is [CH2-]CC.[CH2-]Nc1cccc(NC(N)=S)c1.[Y]. The van der Waals surface area contributed by atoms with Gasteiger partial charge in [0.25, 0.3) is 0 Å². The van der Waals surface area contributed by atoms with E-state index in [4.69, 9.17) is 5.73 Å². The zero-order valence-electron chi connectivity index (χ0n) is 9.49. The average molecular weight is 312 g/mol. The first kappa shape index (κ1) is 18.2. The Bertz CT molecular complexity index is 305. The summed E-state index contributed by atoms with van der Waals surface area (Å²) in [5.41, 5.74) is 7.07. The van der Waals surface area contributed by atoms with Gasteiger partial charge in [-0.3, -0.25) is 7.05 Å². The summed E-state index contributed by atoms with van der Waals surface area (Å²) in [4.78, 5) is 0. The van der Waals surface area contributed by atoms with Gasteiger partial charge in [0.1, 0.15) is 0 Å². The summed E-state index contributed by atoms with van der Waals surface area (Å²) < 4.78 is 0. The fourth-order valence-corrected chi connectivity index (χ4v) is 0.967. The Kier molecular flexibility index (Phi) is 12.8. The zero-order chi connectivity index (χ0) is 11.7. The van der Waals surface area contributed by atoms with E-state index in [1.54, 1.807) is 0 Å². The molecule has 0 spiro atoms. The first-order valence-corrected chi connectivity index (χ1v) is 5.03. The molecule has 0 unspecified atom stereocenters. The second-order valence-corrected chi connectivity index (χ2v) is 3.19. The molecule has 1 radical (unpaired) electrons. The minimum Gasteiger partial charge on any atom is -0.538 e. The first-order valence-electron chi connectivity index (χ1n) is 4.62. The van der Waals surface area contributed by atoms with Crippen molar-refractivity contribution in [3.63, 3.8) is 0 Å². The minimum absolute atomic E-state index is 0. The molecule has 1 aromatic rings. The van der Waals surface area contributed by atoms with Crippen LogP contribution in [-0.2, 0) is 32.7 Å². The molecule has 1 aromatic carbocycles. The molecule has 0 saturated heterocycles. The van der Waals surface area contributed by atoms with Crippen LogP contribution >= 0.6 is 12.2 Å². The Morgan fingerprint density at radius 3 is 2.38 bits per heavy atom. The molecule has 3 nitrogen and oxygen atoms in total. The van der Waals surface area contributed by atoms with Crippen LogP contribution in [0.2, 0.25) is 0 Å². The molecular weight excluding hydrogens is 295 g/mol. The van der Waals surface area contributed by atoms with Gasteiger partial charge in [0.2, 0.25) is 0 Å². The van der Waals surface area contributed by atoms with Gasteiger partial charge in [-0.25, -0.2) is 0 Å². The third kappa shape index (κ3) is 9.07. The van der Waals surface area contributed by atoms with Gasteiger partial charge in [0.05, 0.1) is 0 Å². The van der Waals surface area contributed by atoms with Gasteiger partial charge in [-0.15, -0.1) is 0 Å². The largest absolute Gasteiger partial charge is 0.538 e. The van der Waals surface area contributed by atoms with Crippen LogP contribution in [-0.4, -0.2) is 5.11 Å². The van der Waals surface area contributed by atoms with E-state index in [0.717, 1.165) is 17.8 Å². The van der Waals surface area contributed by atoms with Crippen molar-refractivity contribution in [3.05, 3.63) is 38.2 Å². The molecule has 0 atom stereocenters. The van der Waals surface area contributed by atoms with Crippen LogP contribution in [0.4, 0.5) is 11.4 Å². The summed E-state index contributed by atoms with van der Waals surface area (Å²) in [6.07, 6.45) is 1.00. The van der Waals surface area contributed by atoms with Gasteiger partial charge < -0.3 is 23.3 Å². The topological polar surface area (TPSA) is 50.1 Å². The monoisotopic (exact) mass is 312 g/mol. The van der Waals surface area contributed by atoms with Crippen LogP contribution in [0.1, 0.15) is 13.3 Å². The number of thiocarbonyl (C=S) groups is 1. The first-order chi connectivity index (χ1) is 7.13. The number of nitrogens with two attached hydrogens (primary N) is 1. The predicted octanol–water partition coefficient (Wildman–Crippen LogP) is 2.77. The van der Waals surface area contributed by atoms with Crippen LogP contribution in [0.5, 0.6) is 0 Å². The van der Waals surface area contributed by atoms with Gasteiger partial charge in [0.15, 0.2) is 5.11 Å². The maximum atomic E-state index is 5.30. The summed E-state index contributed by atoms with van der Waals surface area (Å²) in [6, 6.07) is 7.53. The molecule has 0 amide bonds. The average Bonchev–Trinajstić information content (AvgIpc) is 2.18. The molecule has 4 N–H and O–H groups in total. The molecule has 0 aromatic heterocycles. The van der Waals surface area contributed by atoms with E-state index in [1.807, 2.05) is 31.2 Å². The third-order valence-corrected chi connectivity index (χ3v) is 1.44. The van der Waals surface area contributed by atoms with Gasteiger partial charge in [-0.1, -0.05) is 13.0 Å². The Balaban J connectivity index is 0. The van der Waals surface area contributed by atoms with Gasteiger partial charge in [-0.05, 0) is 30.4 Å². The maximum absolute atomic E-state index is 5.30. The van der Waals surface area contributed by atoms with Crippen molar-refractivity contribution in [2.24, 2.45) is 5.73 Å². The summed E-state index contributed by atoms with van der Waals surface area (Å²) in [5.74, 6) is 0. The fraction of sp³-hybridized carbons (Fsp3) is 0.182. The molecule has 0 aliphatic carbocycles. The smallest absolute Gasteiger partial charge is 0.168 e. The quantitative estimate of drug-likeness (QED) is 0.580. The van der Waals surface area contributed by atoms with Crippen molar-refractivity contribution in [2.45, 2.75) is 13.3 Å². The second kappa shape index (κ2) is 11.3. The molecule has 0 heterocycles. The molecule has 5 heteroatoms. The summed E-state index contributed by atoms with van der Waals surface area (Å²) in [6.45, 7) is 5.50. The van der Waals surface area contributed by atoms with Crippen LogP contribution in [0.3, 0.4) is 0 Å². The molecular formula is C11H17N3SY-2. The van der Waals surface area contributed by atoms with Crippen molar-refractivity contribution in [1.82, 2.24) is 0 Å². The maximum Gasteiger partial charge on any atom is 0.168 e. The number of anilines is 2. The van der Waals surface area contributed by atoms with Crippen molar-refractivity contribution in [3.8, 4) is 0 Å². The van der Waals surface area contributed by atoms with Crippen molar-refractivity contribution in [1.29, 1.82) is 0 Å². The molecule has 16 heavy (non-hydrogen) atoms. The van der Waals surface area contributed by atoms with Gasteiger partial charge in [0, 0.05) is 44.1 Å². The Labute approximate surface area is 128 Å². The summed E-state index contributed by atoms with van der Waals surface area (Å²) in [7, 11) is 3.53. The fourth-order valence-electron chi connectivity index (χ4n) is 0.849. The summed E-state index contributed by atoms with van der Waals surface area (Å²) >= 11 is 4.69. The van der Waals surface area contributed by atoms with Crippen molar-refractivity contribution >= 4 is 28.7 Å². The van der Waals surface area contributed by atoms with Gasteiger partial charge >= 0.3 is 0 Å². The minimum atomic E-state index is 0. The molecule has 87 valence electrons. The van der Waals surface area contributed by atoms with Crippen LogP contribution in [0.15, 0.2) is 24.3 Å². The molecule has 0 aliphatic rings. The van der Waals surface area contributed by atoms with E-state index in [2.05, 4.69) is 36.8 Å². The normalized spacial score (nSPS) is 7.94. The van der Waals surface area contributed by atoms with Crippen LogP contribution < -0.4 is 16.4 Å². The molecule has 0 fully saturated rings. The van der Waals surface area contributed by atoms with Crippen molar-refractivity contribution < 1.29 is 32.7 Å². The predicted molar refractivity (Wildman–Crippen MR) is 71.5 cm³/mol. The van der Waals surface area contributed by atoms with E-state index >= 15 is 0 Å². The van der Waals surface area contributed by atoms with Gasteiger partial charge in [-0.2, -0.15) is 6.42 Å². The van der Waals surface area contributed by atoms with Crippen molar-refractivity contribution in [2.75, 3.05) is 10.6 Å². The van der Waals surface area contributed by atoms with Crippen LogP contribution in [0.25, 0.3) is 0 Å². The Morgan fingerprint density at radius 1 is 1.44 bits per heavy atom. The number of rotatable bonds is 2. The Morgan fingerprint density at radius 2 is 1.94 bits per heavy atom. The standard InChI is InChI=1S/C8H10N3S.C3H7.Y/c1-10-6-3-2-4-7(5-6)11-8(9)12;1-3-2;/h2-5,10H,1H2,(H3,9,11,12);1,3H2,2H3;/q2*-1;. The van der Waals surface area contributed by atoms with E-state index in [0.29, 0.717) is 0 Å². The zero-order valence-corrected chi connectivity index (χ0v) is 13.1. The molecule has 0 saturated carbocycles. The second-order valence-electron chi connectivity index (χ2n) is 2.75. The van der Waals surface area contributed by atoms with E-state index in [-0.39, 0.29) is 37.8 Å². The number of benzene rings is 1. The van der Waals surface area contributed by atoms with E-state index < -0.39 is 0 Å². The third-order valence-electron chi connectivity index (χ3n) is 1.33. The molecule has 0 bridgehead atoms. The van der Waals surface area contributed by atoms with E-state index in [9.17, 15) is 0 Å². The van der Waals surface area contributed by atoms with Crippen LogP contribution in [0, 0.1) is 14.0 Å². The summed E-state index contributed by atoms with van der Waals surface area (Å²) in [5, 5.41) is 5.85. The number of hydrogen-bond donors (Lipinski definition) is 3.